The van der Waals surface area contributed by atoms with Gasteiger partial charge in [0.15, 0.2) is 0 Å². The average Bonchev–Trinajstić information content (AvgIpc) is 3.55. The number of amides is 1. The molecular formula is C24H25N7O. The number of fused-ring (bicyclic) bond motifs is 1. The van der Waals surface area contributed by atoms with Crippen LogP contribution in [-0.2, 0) is 11.3 Å². The van der Waals surface area contributed by atoms with Crippen LogP contribution in [0.2, 0.25) is 0 Å². The molecule has 162 valence electrons. The van der Waals surface area contributed by atoms with Gasteiger partial charge in [-0.15, -0.1) is 0 Å². The van der Waals surface area contributed by atoms with Gasteiger partial charge in [0.2, 0.25) is 0 Å². The van der Waals surface area contributed by atoms with Crippen LogP contribution in [0.1, 0.15) is 24.1 Å². The normalized spacial score (nSPS) is 14.0. The molecule has 1 saturated heterocycles. The molecule has 1 amide bonds. The summed E-state index contributed by atoms with van der Waals surface area (Å²) in [6.45, 7) is 4.09. The molecule has 0 radical (unpaired) electrons. The highest BCUT2D eigenvalue weighted by molar-refractivity contribution is 5.90. The summed E-state index contributed by atoms with van der Waals surface area (Å²) in [5, 5.41) is 9.04. The number of carbonyl (C=O) groups is 1. The predicted octanol–water partition coefficient (Wildman–Crippen LogP) is 3.28. The van der Waals surface area contributed by atoms with E-state index in [0.717, 1.165) is 59.7 Å². The highest BCUT2D eigenvalue weighted by atomic mass is 16.2. The van der Waals surface area contributed by atoms with E-state index in [9.17, 15) is 4.79 Å². The van der Waals surface area contributed by atoms with Crippen LogP contribution >= 0.6 is 0 Å². The van der Waals surface area contributed by atoms with E-state index < -0.39 is 0 Å². The summed E-state index contributed by atoms with van der Waals surface area (Å²) < 4.78 is 3.79. The van der Waals surface area contributed by atoms with Crippen LogP contribution in [0, 0.1) is 6.92 Å². The fraction of sp³-hybridized carbons (Fsp3) is 0.250. The fourth-order valence-electron chi connectivity index (χ4n) is 4.16. The summed E-state index contributed by atoms with van der Waals surface area (Å²) in [5.41, 5.74) is 7.24. The van der Waals surface area contributed by atoms with Crippen LogP contribution in [0.5, 0.6) is 0 Å². The van der Waals surface area contributed by atoms with Crippen molar-refractivity contribution in [2.24, 2.45) is 5.10 Å². The molecular weight excluding hydrogens is 402 g/mol. The number of hydrogen-bond acceptors (Lipinski definition) is 5. The highest BCUT2D eigenvalue weighted by Gasteiger charge is 2.23. The van der Waals surface area contributed by atoms with Crippen LogP contribution in [0.25, 0.3) is 16.7 Å². The van der Waals surface area contributed by atoms with E-state index in [4.69, 9.17) is 5.10 Å². The second kappa shape index (κ2) is 8.66. The van der Waals surface area contributed by atoms with Crippen LogP contribution in [0.4, 0.5) is 5.82 Å². The van der Waals surface area contributed by atoms with Crippen LogP contribution in [0.3, 0.4) is 0 Å². The van der Waals surface area contributed by atoms with Crippen molar-refractivity contribution in [3.05, 3.63) is 72.2 Å². The maximum Gasteiger partial charge on any atom is 0.260 e. The molecule has 1 aliphatic heterocycles. The van der Waals surface area contributed by atoms with E-state index in [2.05, 4.69) is 20.4 Å². The van der Waals surface area contributed by atoms with E-state index in [-0.39, 0.29) is 12.5 Å². The minimum atomic E-state index is -0.208. The molecule has 0 atom stereocenters. The number of hydrogen-bond donors (Lipinski definition) is 1. The summed E-state index contributed by atoms with van der Waals surface area (Å²) >= 11 is 0. The van der Waals surface area contributed by atoms with E-state index in [1.807, 2.05) is 70.8 Å². The molecule has 0 bridgehead atoms. The van der Waals surface area contributed by atoms with Crippen LogP contribution in [-0.4, -0.2) is 44.5 Å². The molecule has 32 heavy (non-hydrogen) atoms. The van der Waals surface area contributed by atoms with E-state index in [1.165, 1.54) is 0 Å². The van der Waals surface area contributed by atoms with Crippen molar-refractivity contribution < 1.29 is 4.79 Å². The average molecular weight is 428 g/mol. The van der Waals surface area contributed by atoms with Crippen molar-refractivity contribution in [1.29, 1.82) is 0 Å². The van der Waals surface area contributed by atoms with Gasteiger partial charge in [-0.1, -0.05) is 30.3 Å². The lowest BCUT2D eigenvalue weighted by Crippen LogP contribution is -2.24. The number of benzene rings is 2. The third kappa shape index (κ3) is 3.87. The maximum atomic E-state index is 12.5. The molecule has 0 aliphatic carbocycles. The summed E-state index contributed by atoms with van der Waals surface area (Å²) in [4.78, 5) is 19.2. The molecule has 4 aromatic rings. The highest BCUT2D eigenvalue weighted by Crippen LogP contribution is 2.28. The van der Waals surface area contributed by atoms with Gasteiger partial charge >= 0.3 is 0 Å². The molecule has 2 aromatic heterocycles. The fourth-order valence-corrected chi connectivity index (χ4v) is 4.16. The summed E-state index contributed by atoms with van der Waals surface area (Å²) in [6, 6.07) is 17.8. The van der Waals surface area contributed by atoms with Gasteiger partial charge in [-0.2, -0.15) is 10.2 Å². The minimum Gasteiger partial charge on any atom is -0.356 e. The Morgan fingerprint density at radius 2 is 1.84 bits per heavy atom. The Morgan fingerprint density at radius 1 is 1.09 bits per heavy atom. The number of nitrogens with zero attached hydrogens (tertiary/aromatic N) is 6. The summed E-state index contributed by atoms with van der Waals surface area (Å²) in [6.07, 6.45) is 5.70. The van der Waals surface area contributed by atoms with E-state index >= 15 is 0 Å². The molecule has 1 N–H and O–H groups in total. The smallest absolute Gasteiger partial charge is 0.260 e. The molecule has 8 heteroatoms. The second-order valence-electron chi connectivity index (χ2n) is 7.92. The summed E-state index contributed by atoms with van der Waals surface area (Å²) in [7, 11) is 0. The second-order valence-corrected chi connectivity index (χ2v) is 7.92. The lowest BCUT2D eigenvalue weighted by molar-refractivity contribution is -0.121. The van der Waals surface area contributed by atoms with Crippen LogP contribution in [0.15, 0.2) is 66.0 Å². The number of para-hydroxylation sites is 3. The van der Waals surface area contributed by atoms with Crippen molar-refractivity contribution in [2.75, 3.05) is 18.0 Å². The number of aromatic nitrogens is 4. The molecule has 1 fully saturated rings. The molecule has 2 aromatic carbocycles. The Bertz CT molecular complexity index is 1270. The lowest BCUT2D eigenvalue weighted by Gasteiger charge is -2.20. The third-order valence-corrected chi connectivity index (χ3v) is 5.71. The van der Waals surface area contributed by atoms with Crippen molar-refractivity contribution in [2.45, 2.75) is 26.3 Å². The Morgan fingerprint density at radius 3 is 2.66 bits per heavy atom. The van der Waals surface area contributed by atoms with Crippen molar-refractivity contribution in [3.8, 4) is 5.69 Å². The number of nitrogens with one attached hydrogen (secondary N) is 1. The Hall–Kier alpha value is -3.94. The zero-order valence-corrected chi connectivity index (χ0v) is 18.0. The first-order valence-electron chi connectivity index (χ1n) is 10.8. The molecule has 0 unspecified atom stereocenters. The van der Waals surface area contributed by atoms with Gasteiger partial charge in [0.1, 0.15) is 12.4 Å². The van der Waals surface area contributed by atoms with Crippen molar-refractivity contribution in [3.63, 3.8) is 0 Å². The van der Waals surface area contributed by atoms with Crippen molar-refractivity contribution in [1.82, 2.24) is 24.8 Å². The molecule has 8 nitrogen and oxygen atoms in total. The largest absolute Gasteiger partial charge is 0.356 e. The van der Waals surface area contributed by atoms with Crippen molar-refractivity contribution >= 4 is 29.0 Å². The van der Waals surface area contributed by atoms with E-state index in [1.54, 1.807) is 12.5 Å². The molecule has 3 heterocycles. The number of anilines is 1. The number of hydrazone groups is 1. The van der Waals surface area contributed by atoms with Gasteiger partial charge in [-0.3, -0.25) is 4.79 Å². The molecule has 0 spiro atoms. The Labute approximate surface area is 186 Å². The lowest BCUT2D eigenvalue weighted by atomic mass is 10.2. The zero-order valence-electron chi connectivity index (χ0n) is 18.0. The van der Waals surface area contributed by atoms with Gasteiger partial charge in [0.25, 0.3) is 5.91 Å². The van der Waals surface area contributed by atoms with Gasteiger partial charge in [-0.05, 0) is 44.0 Å². The quantitative estimate of drug-likeness (QED) is 0.378. The summed E-state index contributed by atoms with van der Waals surface area (Å²) in [5.74, 6) is 0.810. The number of rotatable bonds is 6. The zero-order chi connectivity index (χ0) is 21.9. The third-order valence-electron chi connectivity index (χ3n) is 5.71. The standard InChI is InChI=1S/C24H25N7O/c1-18-20(15-26-27-23(32)16-30-17-25-21-11-5-6-12-22(21)30)24(29-13-7-8-14-29)31(28-18)19-9-3-2-4-10-19/h2-6,9-12,15,17H,7-8,13-14,16H2,1H3,(H,27,32)/b26-15+. The van der Waals surface area contributed by atoms with Gasteiger partial charge in [0, 0.05) is 13.1 Å². The number of carbonyl (C=O) groups excluding carboxylic acids is 1. The van der Waals surface area contributed by atoms with Gasteiger partial charge in [-0.25, -0.2) is 15.1 Å². The molecule has 1 aliphatic rings. The Kier molecular flexibility index (Phi) is 5.41. The molecule has 5 rings (SSSR count). The SMILES string of the molecule is Cc1nn(-c2ccccc2)c(N2CCCC2)c1/C=N/NC(=O)Cn1cnc2ccccc21. The predicted molar refractivity (Wildman–Crippen MR) is 125 cm³/mol. The minimum absolute atomic E-state index is 0.152. The number of imidazole rings is 1. The Balaban J connectivity index is 1.37. The van der Waals surface area contributed by atoms with Gasteiger partial charge in [0.05, 0.1) is 40.5 Å². The first-order valence-corrected chi connectivity index (χ1v) is 10.8. The first-order chi connectivity index (χ1) is 15.7. The van der Waals surface area contributed by atoms with Gasteiger partial charge < -0.3 is 9.47 Å². The van der Waals surface area contributed by atoms with E-state index in [0.29, 0.717) is 0 Å². The van der Waals surface area contributed by atoms with Crippen LogP contribution < -0.4 is 10.3 Å². The monoisotopic (exact) mass is 427 g/mol. The first kappa shape index (κ1) is 20.0. The topological polar surface area (TPSA) is 80.3 Å². The molecule has 0 saturated carbocycles. The maximum absolute atomic E-state index is 12.5. The number of aryl methyl sites for hydroxylation is 1.